The van der Waals surface area contributed by atoms with Crippen LogP contribution in [-0.4, -0.2) is 33.2 Å². The van der Waals surface area contributed by atoms with Crippen LogP contribution >= 0.6 is 0 Å². The molecule has 3 N–H and O–H groups in total. The number of carboxylic acid groups (broad SMARTS) is 3. The predicted molar refractivity (Wildman–Crippen MR) is 72.7 cm³/mol. The van der Waals surface area contributed by atoms with Crippen LogP contribution in [-0.2, 0) is 14.4 Å². The molecule has 0 amide bonds. The van der Waals surface area contributed by atoms with E-state index in [4.69, 9.17) is 0 Å². The molecule has 2 saturated carbocycles. The summed E-state index contributed by atoms with van der Waals surface area (Å²) in [5.41, 5.74) is -1.06. The van der Waals surface area contributed by atoms with Crippen LogP contribution < -0.4 is 0 Å². The zero-order valence-electron chi connectivity index (χ0n) is 12.0. The van der Waals surface area contributed by atoms with Crippen molar-refractivity contribution in [1.82, 2.24) is 0 Å². The van der Waals surface area contributed by atoms with Crippen LogP contribution in [0, 0.1) is 23.2 Å². The molecule has 2 aliphatic rings. The Kier molecular flexibility index (Phi) is 4.54. The van der Waals surface area contributed by atoms with Crippen LogP contribution in [0.1, 0.15) is 51.4 Å². The van der Waals surface area contributed by atoms with Gasteiger partial charge in [0.15, 0.2) is 0 Å². The van der Waals surface area contributed by atoms with Crippen LogP contribution in [0.4, 0.5) is 0 Å². The first-order valence-electron chi connectivity index (χ1n) is 7.59. The second-order valence-corrected chi connectivity index (χ2v) is 6.37. The average Bonchev–Trinajstić information content (AvgIpc) is 2.46. The van der Waals surface area contributed by atoms with Crippen LogP contribution in [0.2, 0.25) is 0 Å². The van der Waals surface area contributed by atoms with Crippen molar-refractivity contribution in [2.75, 3.05) is 0 Å². The highest BCUT2D eigenvalue weighted by molar-refractivity contribution is 5.82. The predicted octanol–water partition coefficient (Wildman–Crippen LogP) is 2.22. The molecule has 0 radical (unpaired) electrons. The largest absolute Gasteiger partial charge is 0.481 e. The molecule has 118 valence electrons. The van der Waals surface area contributed by atoms with E-state index in [1.807, 2.05) is 0 Å². The molecule has 0 bridgehead atoms. The van der Waals surface area contributed by atoms with Gasteiger partial charge in [-0.3, -0.25) is 14.4 Å². The Balaban J connectivity index is 2.39. The molecule has 0 spiro atoms. The summed E-state index contributed by atoms with van der Waals surface area (Å²) in [6, 6.07) is 0. The van der Waals surface area contributed by atoms with Gasteiger partial charge in [-0.25, -0.2) is 0 Å². The van der Waals surface area contributed by atoms with E-state index in [0.717, 1.165) is 19.3 Å². The fraction of sp³-hybridized carbons (Fsp3) is 0.800. The summed E-state index contributed by atoms with van der Waals surface area (Å²) < 4.78 is 0. The Bertz CT molecular complexity index is 437. The van der Waals surface area contributed by atoms with E-state index in [-0.39, 0.29) is 0 Å². The van der Waals surface area contributed by atoms with Crippen molar-refractivity contribution in [2.45, 2.75) is 51.4 Å². The molecule has 0 aromatic carbocycles. The van der Waals surface area contributed by atoms with E-state index in [1.54, 1.807) is 0 Å². The van der Waals surface area contributed by atoms with Gasteiger partial charge in [-0.15, -0.1) is 0 Å². The van der Waals surface area contributed by atoms with Gasteiger partial charge in [-0.05, 0) is 31.6 Å². The number of carbonyl (C=O) groups is 3. The van der Waals surface area contributed by atoms with Gasteiger partial charge < -0.3 is 15.3 Å². The van der Waals surface area contributed by atoms with Gasteiger partial charge in [-0.1, -0.05) is 25.7 Å². The highest BCUT2D eigenvalue weighted by Crippen LogP contribution is 2.52. The lowest BCUT2D eigenvalue weighted by atomic mass is 9.56. The summed E-state index contributed by atoms with van der Waals surface area (Å²) in [6.45, 7) is 0. The maximum Gasteiger partial charge on any atom is 0.309 e. The maximum absolute atomic E-state index is 11.9. The monoisotopic (exact) mass is 298 g/mol. The van der Waals surface area contributed by atoms with Crippen molar-refractivity contribution < 1.29 is 29.7 Å². The van der Waals surface area contributed by atoms with Crippen molar-refractivity contribution in [1.29, 1.82) is 0 Å². The zero-order chi connectivity index (χ0) is 15.6. The number of hydrogen-bond acceptors (Lipinski definition) is 3. The highest BCUT2D eigenvalue weighted by atomic mass is 16.4. The molecule has 6 nitrogen and oxygen atoms in total. The minimum Gasteiger partial charge on any atom is -0.481 e. The number of aliphatic carboxylic acids is 3. The van der Waals surface area contributed by atoms with Crippen LogP contribution in [0.3, 0.4) is 0 Å². The topological polar surface area (TPSA) is 112 Å². The second kappa shape index (κ2) is 6.03. The van der Waals surface area contributed by atoms with Crippen molar-refractivity contribution >= 4 is 17.9 Å². The molecule has 6 heteroatoms. The third-order valence-electron chi connectivity index (χ3n) is 5.38. The molecule has 0 saturated heterocycles. The molecule has 0 heterocycles. The van der Waals surface area contributed by atoms with Crippen LogP contribution in [0.5, 0.6) is 0 Å². The molecule has 0 aromatic rings. The first-order chi connectivity index (χ1) is 9.90. The second-order valence-electron chi connectivity index (χ2n) is 6.37. The fourth-order valence-corrected chi connectivity index (χ4v) is 4.36. The van der Waals surface area contributed by atoms with Gasteiger partial charge in [0, 0.05) is 0 Å². The Morgan fingerprint density at radius 3 is 1.90 bits per heavy atom. The van der Waals surface area contributed by atoms with Gasteiger partial charge in [0.05, 0.1) is 17.3 Å². The zero-order valence-corrected chi connectivity index (χ0v) is 12.0. The third-order valence-corrected chi connectivity index (χ3v) is 5.38. The molecule has 2 fully saturated rings. The van der Waals surface area contributed by atoms with E-state index in [9.17, 15) is 29.7 Å². The van der Waals surface area contributed by atoms with E-state index in [1.165, 1.54) is 0 Å². The average molecular weight is 298 g/mol. The molecular weight excluding hydrogens is 276 g/mol. The first kappa shape index (κ1) is 15.8. The number of carboxylic acids is 3. The van der Waals surface area contributed by atoms with Crippen molar-refractivity contribution in [3.8, 4) is 0 Å². The maximum atomic E-state index is 11.9. The number of rotatable bonds is 4. The third kappa shape index (κ3) is 2.76. The van der Waals surface area contributed by atoms with Crippen molar-refractivity contribution in [3.63, 3.8) is 0 Å². The Morgan fingerprint density at radius 2 is 1.43 bits per heavy atom. The van der Waals surface area contributed by atoms with Crippen LogP contribution in [0.15, 0.2) is 0 Å². The molecule has 21 heavy (non-hydrogen) atoms. The van der Waals surface area contributed by atoms with Gasteiger partial charge in [-0.2, -0.15) is 0 Å². The summed E-state index contributed by atoms with van der Waals surface area (Å²) in [5, 5.41) is 28.5. The molecule has 2 aliphatic carbocycles. The molecular formula is C15H22O6. The van der Waals surface area contributed by atoms with Gasteiger partial charge >= 0.3 is 17.9 Å². The molecule has 3 atom stereocenters. The minimum absolute atomic E-state index is 0.318. The van der Waals surface area contributed by atoms with Gasteiger partial charge in [0.1, 0.15) is 0 Å². The highest BCUT2D eigenvalue weighted by Gasteiger charge is 2.55. The molecule has 0 aromatic heterocycles. The van der Waals surface area contributed by atoms with E-state index < -0.39 is 41.1 Å². The van der Waals surface area contributed by atoms with Crippen LogP contribution in [0.25, 0.3) is 0 Å². The fourth-order valence-electron chi connectivity index (χ4n) is 4.36. The summed E-state index contributed by atoms with van der Waals surface area (Å²) >= 11 is 0. The normalized spacial score (nSPS) is 32.3. The lowest BCUT2D eigenvalue weighted by Gasteiger charge is -2.46. The smallest absolute Gasteiger partial charge is 0.309 e. The Morgan fingerprint density at radius 1 is 0.810 bits per heavy atom. The number of hydrogen-bond donors (Lipinski definition) is 3. The summed E-state index contributed by atoms with van der Waals surface area (Å²) in [5.74, 6) is -5.89. The minimum atomic E-state index is -1.17. The molecule has 2 rings (SSSR count). The Labute approximate surface area is 123 Å². The standard InChI is InChI=1S/C15H22O6/c16-12(17)9-5-4-6-10(11(9)13(18)19)15(14(20)21)7-2-1-3-8-15/h9-11H,1-8H2,(H,16,17)(H,18,19)(H,20,21). The SMILES string of the molecule is O=C(O)C1CCCC(C2(C(=O)O)CCCCC2)C1C(=O)O. The summed E-state index contributed by atoms with van der Waals surface area (Å²) in [4.78, 5) is 34.9. The quantitative estimate of drug-likeness (QED) is 0.733. The molecule has 0 aliphatic heterocycles. The van der Waals surface area contributed by atoms with Gasteiger partial charge in [0.25, 0.3) is 0 Å². The summed E-state index contributed by atoms with van der Waals surface area (Å²) in [6.07, 6.45) is 4.82. The summed E-state index contributed by atoms with van der Waals surface area (Å²) in [7, 11) is 0. The lowest BCUT2D eigenvalue weighted by Crippen LogP contribution is -2.50. The van der Waals surface area contributed by atoms with Gasteiger partial charge in [0.2, 0.25) is 0 Å². The van der Waals surface area contributed by atoms with E-state index in [2.05, 4.69) is 0 Å². The van der Waals surface area contributed by atoms with Crippen molar-refractivity contribution in [3.05, 3.63) is 0 Å². The lowest BCUT2D eigenvalue weighted by molar-refractivity contribution is -0.171. The van der Waals surface area contributed by atoms with E-state index >= 15 is 0 Å². The first-order valence-corrected chi connectivity index (χ1v) is 7.59. The Hall–Kier alpha value is -1.59. The van der Waals surface area contributed by atoms with Crippen molar-refractivity contribution in [2.24, 2.45) is 23.2 Å². The van der Waals surface area contributed by atoms with E-state index in [0.29, 0.717) is 32.1 Å². The molecule has 3 unspecified atom stereocenters.